The summed E-state index contributed by atoms with van der Waals surface area (Å²) in [7, 11) is -2.14. The summed E-state index contributed by atoms with van der Waals surface area (Å²) in [5.41, 5.74) is 0.0946. The Bertz CT molecular complexity index is 946. The Kier molecular flexibility index (Phi) is 8.31. The molecule has 0 aliphatic heterocycles. The first-order valence-corrected chi connectivity index (χ1v) is 11.0. The molecule has 0 saturated carbocycles. The number of sulfonamides is 1. The first kappa shape index (κ1) is 23.0. The average molecular weight is 441 g/mol. The highest BCUT2D eigenvalue weighted by Gasteiger charge is 2.23. The lowest BCUT2D eigenvalue weighted by atomic mass is 10.2. The largest absolute Gasteiger partial charge is 0.493 e. The minimum atomic E-state index is -3.69. The van der Waals surface area contributed by atoms with Gasteiger partial charge < -0.3 is 14.8 Å². The fraction of sp³-hybridized carbons (Fsp3) is 0.350. The van der Waals surface area contributed by atoms with Gasteiger partial charge >= 0.3 is 0 Å². The molecule has 0 fully saturated rings. The predicted molar refractivity (Wildman–Crippen MR) is 112 cm³/mol. The van der Waals surface area contributed by atoms with Crippen LogP contribution in [0.1, 0.15) is 24.2 Å². The number of para-hydroxylation sites is 2. The maximum absolute atomic E-state index is 12.7. The van der Waals surface area contributed by atoms with Crippen LogP contribution in [0.2, 0.25) is 5.02 Å². The third-order valence-electron chi connectivity index (χ3n) is 4.24. The van der Waals surface area contributed by atoms with Crippen LogP contribution in [-0.4, -0.2) is 52.0 Å². The number of carbonyl (C=O) groups is 1. The van der Waals surface area contributed by atoms with Crippen molar-refractivity contribution < 1.29 is 22.7 Å². The van der Waals surface area contributed by atoms with Gasteiger partial charge in [0.2, 0.25) is 10.0 Å². The molecule has 29 heavy (non-hydrogen) atoms. The van der Waals surface area contributed by atoms with Crippen molar-refractivity contribution in [3.63, 3.8) is 0 Å². The van der Waals surface area contributed by atoms with E-state index in [1.54, 1.807) is 33.1 Å². The molecule has 0 heterocycles. The highest BCUT2D eigenvalue weighted by molar-refractivity contribution is 7.89. The molecular formula is C20H25ClN2O5S. The van der Waals surface area contributed by atoms with E-state index in [1.807, 2.05) is 12.1 Å². The van der Waals surface area contributed by atoms with Gasteiger partial charge in [0.05, 0.1) is 29.1 Å². The molecule has 0 aromatic heterocycles. The second-order valence-corrected chi connectivity index (χ2v) is 8.33. The smallest absolute Gasteiger partial charge is 0.252 e. The van der Waals surface area contributed by atoms with Crippen molar-refractivity contribution in [2.75, 3.05) is 33.4 Å². The van der Waals surface area contributed by atoms with Crippen LogP contribution in [-0.2, 0) is 10.0 Å². The highest BCUT2D eigenvalue weighted by atomic mass is 35.5. The zero-order chi connectivity index (χ0) is 21.4. The van der Waals surface area contributed by atoms with Gasteiger partial charge in [-0.1, -0.05) is 37.6 Å². The maximum atomic E-state index is 12.7. The topological polar surface area (TPSA) is 84.9 Å². The molecule has 158 valence electrons. The summed E-state index contributed by atoms with van der Waals surface area (Å²) in [4.78, 5) is 12.5. The molecule has 1 N–H and O–H groups in total. The van der Waals surface area contributed by atoms with Crippen molar-refractivity contribution >= 4 is 27.5 Å². The molecule has 0 saturated heterocycles. The Morgan fingerprint density at radius 3 is 2.38 bits per heavy atom. The van der Waals surface area contributed by atoms with Crippen LogP contribution in [0.4, 0.5) is 0 Å². The van der Waals surface area contributed by atoms with Gasteiger partial charge in [-0.25, -0.2) is 8.42 Å². The van der Waals surface area contributed by atoms with Crippen LogP contribution >= 0.6 is 11.6 Å². The number of nitrogens with zero attached hydrogens (tertiary/aromatic N) is 1. The van der Waals surface area contributed by atoms with Gasteiger partial charge in [0.15, 0.2) is 11.5 Å². The molecule has 0 aliphatic carbocycles. The Morgan fingerprint density at radius 2 is 1.76 bits per heavy atom. The molecule has 2 rings (SSSR count). The molecule has 7 nitrogen and oxygen atoms in total. The molecule has 0 atom stereocenters. The van der Waals surface area contributed by atoms with Crippen LogP contribution in [0.15, 0.2) is 47.4 Å². The van der Waals surface area contributed by atoms with Gasteiger partial charge in [-0.2, -0.15) is 4.31 Å². The average Bonchev–Trinajstić information content (AvgIpc) is 2.72. The fourth-order valence-electron chi connectivity index (χ4n) is 2.71. The molecule has 1 amide bonds. The van der Waals surface area contributed by atoms with E-state index in [9.17, 15) is 13.2 Å². The van der Waals surface area contributed by atoms with Crippen molar-refractivity contribution in [3.05, 3.63) is 53.1 Å². The fourth-order valence-corrected chi connectivity index (χ4v) is 4.40. The second-order valence-electron chi connectivity index (χ2n) is 5.99. The summed E-state index contributed by atoms with van der Waals surface area (Å²) in [6, 6.07) is 11.3. The number of ether oxygens (including phenoxy) is 2. The maximum Gasteiger partial charge on any atom is 0.252 e. The van der Waals surface area contributed by atoms with E-state index in [-0.39, 0.29) is 28.6 Å². The van der Waals surface area contributed by atoms with Crippen LogP contribution in [0.3, 0.4) is 0 Å². The number of methoxy groups -OCH3 is 1. The van der Waals surface area contributed by atoms with Crippen molar-refractivity contribution in [2.24, 2.45) is 0 Å². The van der Waals surface area contributed by atoms with E-state index < -0.39 is 15.9 Å². The molecular weight excluding hydrogens is 416 g/mol. The van der Waals surface area contributed by atoms with E-state index in [0.717, 1.165) is 0 Å². The summed E-state index contributed by atoms with van der Waals surface area (Å²) in [5, 5.41) is 2.86. The number of benzene rings is 2. The number of hydrogen-bond donors (Lipinski definition) is 1. The third kappa shape index (κ3) is 5.62. The summed E-state index contributed by atoms with van der Waals surface area (Å²) < 4.78 is 37.5. The standard InChI is InChI=1S/C20H25ClN2O5S/c1-4-23(5-2)29(25,26)15-10-11-17(21)16(14-15)20(24)22-12-13-28-19-9-7-6-8-18(19)27-3/h6-11,14H,4-5,12-13H2,1-3H3,(H,22,24). The molecule has 2 aromatic rings. The van der Waals surface area contributed by atoms with Crippen LogP contribution in [0.25, 0.3) is 0 Å². The summed E-state index contributed by atoms with van der Waals surface area (Å²) in [5.74, 6) is 0.681. The Hall–Kier alpha value is -2.29. The molecule has 2 aromatic carbocycles. The number of rotatable bonds is 10. The van der Waals surface area contributed by atoms with Crippen molar-refractivity contribution in [1.82, 2.24) is 9.62 Å². The minimum Gasteiger partial charge on any atom is -0.493 e. The number of hydrogen-bond acceptors (Lipinski definition) is 5. The Labute approximate surface area is 176 Å². The van der Waals surface area contributed by atoms with Crippen molar-refractivity contribution in [1.29, 1.82) is 0 Å². The predicted octanol–water partition coefficient (Wildman–Crippen LogP) is 3.19. The van der Waals surface area contributed by atoms with Crippen molar-refractivity contribution in [2.45, 2.75) is 18.7 Å². The van der Waals surface area contributed by atoms with Gasteiger partial charge in [0, 0.05) is 13.1 Å². The van der Waals surface area contributed by atoms with Crippen molar-refractivity contribution in [3.8, 4) is 11.5 Å². The van der Waals surface area contributed by atoms with Gasteiger partial charge in [-0.15, -0.1) is 0 Å². The lowest BCUT2D eigenvalue weighted by Crippen LogP contribution is -2.31. The SMILES string of the molecule is CCN(CC)S(=O)(=O)c1ccc(Cl)c(C(=O)NCCOc2ccccc2OC)c1. The van der Waals surface area contributed by atoms with E-state index >= 15 is 0 Å². The molecule has 0 aliphatic rings. The second kappa shape index (κ2) is 10.5. The van der Waals surface area contributed by atoms with Gasteiger partial charge in [0.1, 0.15) is 6.61 Å². The van der Waals surface area contributed by atoms with Gasteiger partial charge in [-0.3, -0.25) is 4.79 Å². The molecule has 9 heteroatoms. The van der Waals surface area contributed by atoms with Gasteiger partial charge in [-0.05, 0) is 30.3 Å². The quantitative estimate of drug-likeness (QED) is 0.573. The third-order valence-corrected chi connectivity index (χ3v) is 6.62. The van der Waals surface area contributed by atoms with Crippen LogP contribution in [0.5, 0.6) is 11.5 Å². The molecule has 0 radical (unpaired) electrons. The van der Waals surface area contributed by atoms with E-state index in [2.05, 4.69) is 5.32 Å². The zero-order valence-corrected chi connectivity index (χ0v) is 18.2. The van der Waals surface area contributed by atoms with E-state index in [1.165, 1.54) is 22.5 Å². The zero-order valence-electron chi connectivity index (χ0n) is 16.6. The minimum absolute atomic E-state index is 0.0287. The van der Waals surface area contributed by atoms with Crippen LogP contribution in [0, 0.1) is 0 Å². The lowest BCUT2D eigenvalue weighted by Gasteiger charge is -2.19. The number of halogens is 1. The highest BCUT2D eigenvalue weighted by Crippen LogP contribution is 2.25. The number of carbonyl (C=O) groups excluding carboxylic acids is 1. The molecule has 0 unspecified atom stereocenters. The summed E-state index contributed by atoms with van der Waals surface area (Å²) >= 11 is 6.12. The molecule has 0 bridgehead atoms. The Balaban J connectivity index is 2.05. The summed E-state index contributed by atoms with van der Waals surface area (Å²) in [6.07, 6.45) is 0. The summed E-state index contributed by atoms with van der Waals surface area (Å²) in [6.45, 7) is 4.60. The van der Waals surface area contributed by atoms with E-state index in [4.69, 9.17) is 21.1 Å². The first-order chi connectivity index (χ1) is 13.8. The lowest BCUT2D eigenvalue weighted by molar-refractivity contribution is 0.0946. The monoisotopic (exact) mass is 440 g/mol. The molecule has 0 spiro atoms. The normalized spacial score (nSPS) is 11.3. The first-order valence-electron chi connectivity index (χ1n) is 9.18. The Morgan fingerprint density at radius 1 is 1.10 bits per heavy atom. The van der Waals surface area contributed by atoms with Gasteiger partial charge in [0.25, 0.3) is 5.91 Å². The van der Waals surface area contributed by atoms with E-state index in [0.29, 0.717) is 24.6 Å². The number of nitrogens with one attached hydrogen (secondary N) is 1. The van der Waals surface area contributed by atoms with Crippen LogP contribution < -0.4 is 14.8 Å². The number of amides is 1.